The molecular weight excluding hydrogens is 363 g/mol. The van der Waals surface area contributed by atoms with Crippen molar-refractivity contribution in [3.63, 3.8) is 0 Å². The van der Waals surface area contributed by atoms with Crippen molar-refractivity contribution in [2.45, 2.75) is 38.3 Å². The molecule has 6 nitrogen and oxygen atoms in total. The number of hydrogen-bond acceptors (Lipinski definition) is 4. The van der Waals surface area contributed by atoms with Crippen LogP contribution in [0, 0.1) is 0 Å². The van der Waals surface area contributed by atoms with Gasteiger partial charge in [0.25, 0.3) is 0 Å². The number of nitrogens with one attached hydrogen (secondary N) is 1. The largest absolute Gasteiger partial charge is 0.490 e. The molecule has 1 aromatic rings. The van der Waals surface area contributed by atoms with E-state index < -0.39 is 12.1 Å². The number of nitrogens with two attached hydrogens (primary N) is 1. The number of likely N-dealkylation sites (tertiary alicyclic amines) is 1. The average Bonchev–Trinajstić information content (AvgIpc) is 2.60. The van der Waals surface area contributed by atoms with Crippen LogP contribution in [0.3, 0.4) is 0 Å². The Morgan fingerprint density at radius 3 is 2.37 bits per heavy atom. The molecule has 0 spiro atoms. The Morgan fingerprint density at radius 1 is 1.30 bits per heavy atom. The van der Waals surface area contributed by atoms with Crippen LogP contribution in [0.2, 0.25) is 0 Å². The Kier molecular flexibility index (Phi) is 9.23. The van der Waals surface area contributed by atoms with E-state index >= 15 is 0 Å². The first kappa shape index (κ1) is 22.9. The molecule has 4 N–H and O–H groups in total. The van der Waals surface area contributed by atoms with Crippen LogP contribution < -0.4 is 11.1 Å². The van der Waals surface area contributed by atoms with Gasteiger partial charge >= 0.3 is 12.1 Å². The first-order valence-electron chi connectivity index (χ1n) is 8.73. The fourth-order valence-corrected chi connectivity index (χ4v) is 2.88. The number of carboxylic acid groups (broad SMARTS) is 1. The number of carbonyl (C=O) groups is 2. The third kappa shape index (κ3) is 8.87. The Labute approximate surface area is 156 Å². The number of halogens is 3. The molecule has 0 radical (unpaired) electrons. The lowest BCUT2D eigenvalue weighted by atomic mass is 9.89. The number of amides is 1. The molecule has 0 bridgehead atoms. The van der Waals surface area contributed by atoms with Crippen molar-refractivity contribution >= 4 is 17.6 Å². The number of aliphatic carboxylic acids is 1. The summed E-state index contributed by atoms with van der Waals surface area (Å²) in [5.41, 5.74) is 7.80. The number of carboxylic acids is 1. The maximum atomic E-state index is 11.1. The molecule has 27 heavy (non-hydrogen) atoms. The number of alkyl halides is 3. The van der Waals surface area contributed by atoms with Crippen LogP contribution in [0.5, 0.6) is 0 Å². The van der Waals surface area contributed by atoms with Crippen molar-refractivity contribution < 1.29 is 27.9 Å². The summed E-state index contributed by atoms with van der Waals surface area (Å²) in [6.07, 6.45) is -1.62. The molecule has 2 rings (SSSR count). The minimum absolute atomic E-state index is 0.0150. The predicted molar refractivity (Wildman–Crippen MR) is 96.5 cm³/mol. The highest BCUT2D eigenvalue weighted by Crippen LogP contribution is 2.29. The minimum atomic E-state index is -5.08. The molecule has 0 aliphatic carbocycles. The zero-order valence-electron chi connectivity index (χ0n) is 15.3. The van der Waals surface area contributed by atoms with E-state index in [1.54, 1.807) is 6.92 Å². The standard InChI is InChI=1S/C16H25N3O.C2HF3O2/c1-13(20)18-16-5-2-4-15(12-16)14-6-10-19(11-7-14)9-3-8-17;3-2(4,5)1(6)7/h2,4-5,12,14H,3,6-11,17H2,1H3,(H,18,20);(H,6,7). The van der Waals surface area contributed by atoms with Crippen LogP contribution in [-0.4, -0.2) is 54.2 Å². The molecule has 9 heteroatoms. The van der Waals surface area contributed by atoms with Gasteiger partial charge < -0.3 is 21.1 Å². The van der Waals surface area contributed by atoms with Gasteiger partial charge in [0.1, 0.15) is 0 Å². The zero-order chi connectivity index (χ0) is 20.4. The number of carbonyl (C=O) groups excluding carboxylic acids is 1. The Hall–Kier alpha value is -2.13. The van der Waals surface area contributed by atoms with Crippen molar-refractivity contribution in [1.29, 1.82) is 0 Å². The van der Waals surface area contributed by atoms with E-state index in [0.717, 1.165) is 38.3 Å². The monoisotopic (exact) mass is 389 g/mol. The van der Waals surface area contributed by atoms with E-state index in [-0.39, 0.29) is 5.91 Å². The second-order valence-corrected chi connectivity index (χ2v) is 6.37. The molecule has 0 aromatic heterocycles. The van der Waals surface area contributed by atoms with E-state index in [9.17, 15) is 18.0 Å². The lowest BCUT2D eigenvalue weighted by Crippen LogP contribution is -2.34. The smallest absolute Gasteiger partial charge is 0.475 e. The molecule has 1 heterocycles. The number of nitrogens with zero attached hydrogens (tertiary/aromatic N) is 1. The normalized spacial score (nSPS) is 15.6. The lowest BCUT2D eigenvalue weighted by Gasteiger charge is -2.32. The van der Waals surface area contributed by atoms with Crippen LogP contribution >= 0.6 is 0 Å². The van der Waals surface area contributed by atoms with Gasteiger partial charge in [0.15, 0.2) is 0 Å². The molecule has 1 aliphatic heterocycles. The second-order valence-electron chi connectivity index (χ2n) is 6.37. The molecule has 1 saturated heterocycles. The number of hydrogen-bond donors (Lipinski definition) is 3. The summed E-state index contributed by atoms with van der Waals surface area (Å²) in [7, 11) is 0. The number of piperidine rings is 1. The number of benzene rings is 1. The summed E-state index contributed by atoms with van der Waals surface area (Å²) < 4.78 is 31.7. The molecule has 0 saturated carbocycles. The maximum absolute atomic E-state index is 11.1. The predicted octanol–water partition coefficient (Wildman–Crippen LogP) is 2.81. The summed E-state index contributed by atoms with van der Waals surface area (Å²) in [6, 6.07) is 8.26. The van der Waals surface area contributed by atoms with E-state index in [2.05, 4.69) is 22.3 Å². The summed E-state index contributed by atoms with van der Waals surface area (Å²) >= 11 is 0. The van der Waals surface area contributed by atoms with E-state index in [1.807, 2.05) is 12.1 Å². The van der Waals surface area contributed by atoms with Crippen molar-refractivity contribution in [2.24, 2.45) is 5.73 Å². The number of rotatable bonds is 5. The van der Waals surface area contributed by atoms with Gasteiger partial charge in [0, 0.05) is 12.6 Å². The molecular formula is C18H26F3N3O3. The van der Waals surface area contributed by atoms with Crippen LogP contribution in [-0.2, 0) is 9.59 Å². The Balaban J connectivity index is 0.000000445. The van der Waals surface area contributed by atoms with Crippen LogP contribution in [0.4, 0.5) is 18.9 Å². The summed E-state index contributed by atoms with van der Waals surface area (Å²) in [5, 5.41) is 9.98. The topological polar surface area (TPSA) is 95.7 Å². The van der Waals surface area contributed by atoms with E-state index in [0.29, 0.717) is 5.92 Å². The van der Waals surface area contributed by atoms with Gasteiger partial charge in [-0.25, -0.2) is 4.79 Å². The molecule has 152 valence electrons. The van der Waals surface area contributed by atoms with Crippen LogP contribution in [0.15, 0.2) is 24.3 Å². The fraction of sp³-hybridized carbons (Fsp3) is 0.556. The Morgan fingerprint density at radius 2 is 1.89 bits per heavy atom. The van der Waals surface area contributed by atoms with Crippen LogP contribution in [0.25, 0.3) is 0 Å². The van der Waals surface area contributed by atoms with E-state index in [1.165, 1.54) is 18.4 Å². The highest BCUT2D eigenvalue weighted by Gasteiger charge is 2.38. The highest BCUT2D eigenvalue weighted by atomic mass is 19.4. The van der Waals surface area contributed by atoms with Gasteiger partial charge in [-0.05, 0) is 69.1 Å². The average molecular weight is 389 g/mol. The SMILES string of the molecule is CC(=O)Nc1cccc(C2CCN(CCCN)CC2)c1.O=C(O)C(F)(F)F. The first-order valence-corrected chi connectivity index (χ1v) is 8.73. The third-order valence-electron chi connectivity index (χ3n) is 4.19. The van der Waals surface area contributed by atoms with E-state index in [4.69, 9.17) is 15.6 Å². The zero-order valence-corrected chi connectivity index (χ0v) is 15.3. The van der Waals surface area contributed by atoms with Gasteiger partial charge in [0.2, 0.25) is 5.91 Å². The molecule has 1 amide bonds. The van der Waals surface area contributed by atoms with Crippen molar-refractivity contribution in [1.82, 2.24) is 4.90 Å². The molecule has 1 aromatic carbocycles. The van der Waals surface area contributed by atoms with Crippen molar-refractivity contribution in [3.05, 3.63) is 29.8 Å². The molecule has 1 aliphatic rings. The molecule has 0 unspecified atom stereocenters. The van der Waals surface area contributed by atoms with Gasteiger partial charge in [-0.2, -0.15) is 13.2 Å². The van der Waals surface area contributed by atoms with Crippen molar-refractivity contribution in [2.75, 3.05) is 31.5 Å². The van der Waals surface area contributed by atoms with Crippen LogP contribution in [0.1, 0.15) is 37.7 Å². The third-order valence-corrected chi connectivity index (χ3v) is 4.19. The van der Waals surface area contributed by atoms with Gasteiger partial charge in [-0.15, -0.1) is 0 Å². The summed E-state index contributed by atoms with van der Waals surface area (Å²) in [4.78, 5) is 22.5. The Bertz CT molecular complexity index is 615. The minimum Gasteiger partial charge on any atom is -0.475 e. The quantitative estimate of drug-likeness (QED) is 0.720. The lowest BCUT2D eigenvalue weighted by molar-refractivity contribution is -0.192. The number of anilines is 1. The van der Waals surface area contributed by atoms with Crippen molar-refractivity contribution in [3.8, 4) is 0 Å². The first-order chi connectivity index (χ1) is 12.6. The highest BCUT2D eigenvalue weighted by molar-refractivity contribution is 5.88. The van der Waals surface area contributed by atoms with Gasteiger partial charge in [-0.3, -0.25) is 4.79 Å². The van der Waals surface area contributed by atoms with Gasteiger partial charge in [-0.1, -0.05) is 12.1 Å². The molecule has 1 fully saturated rings. The fourth-order valence-electron chi connectivity index (χ4n) is 2.88. The summed E-state index contributed by atoms with van der Waals surface area (Å²) in [5.74, 6) is -2.16. The molecule has 0 atom stereocenters. The summed E-state index contributed by atoms with van der Waals surface area (Å²) in [6.45, 7) is 5.74. The van der Waals surface area contributed by atoms with Gasteiger partial charge in [0.05, 0.1) is 0 Å². The second kappa shape index (κ2) is 10.9. The maximum Gasteiger partial charge on any atom is 0.490 e.